The third-order valence-corrected chi connectivity index (χ3v) is 8.85. The second kappa shape index (κ2) is 10.8. The number of methoxy groups -OCH3 is 1. The average molecular weight is 571 g/mol. The van der Waals surface area contributed by atoms with Crippen LogP contribution in [0.1, 0.15) is 86.5 Å². The molecule has 0 aromatic carbocycles. The normalized spacial score (nSPS) is 24.9. The van der Waals surface area contributed by atoms with Gasteiger partial charge in [-0.25, -0.2) is 0 Å². The topological polar surface area (TPSA) is 117 Å². The molecule has 3 aromatic rings. The number of allylic oxidation sites excluding steroid dienone is 2. The maximum Gasteiger partial charge on any atom is 2.00 e. The van der Waals surface area contributed by atoms with Crippen molar-refractivity contribution >= 4 is 71.0 Å². The molecule has 0 spiro atoms. The van der Waals surface area contributed by atoms with E-state index in [9.17, 15) is 14.4 Å². The third kappa shape index (κ3) is 4.12. The van der Waals surface area contributed by atoms with Crippen LogP contribution in [-0.4, -0.2) is 48.2 Å². The number of hydrogen-bond donors (Lipinski definition) is 0. The second-order valence-corrected chi connectivity index (χ2v) is 10.9. The minimum absolute atomic E-state index is 0. The van der Waals surface area contributed by atoms with Crippen LogP contribution in [0.5, 0.6) is 0 Å². The van der Waals surface area contributed by atoms with Gasteiger partial charge in [0, 0.05) is 11.1 Å². The Morgan fingerprint density at radius 3 is 2.31 bits per heavy atom. The molecule has 0 amide bonds. The minimum atomic E-state index is -1.12. The number of carbonyl (C=O) groups excluding carboxylic acids is 3. The van der Waals surface area contributed by atoms with Gasteiger partial charge in [0.25, 0.3) is 0 Å². The summed E-state index contributed by atoms with van der Waals surface area (Å²) in [6, 6.07) is 0. The van der Waals surface area contributed by atoms with Gasteiger partial charge in [0.05, 0.1) is 7.11 Å². The number of fused-ring (bicyclic) bond motifs is 7. The molecule has 3 aliphatic rings. The number of Topliss-reactive ketones (excluding diaryl/α,β-unsaturated/α-hetero) is 1. The monoisotopic (exact) mass is 570 g/mol. The Balaban J connectivity index is 0.00000353. The van der Waals surface area contributed by atoms with Crippen LogP contribution in [0.2, 0.25) is 0 Å². The third-order valence-electron chi connectivity index (χ3n) is 8.85. The molecule has 0 saturated carbocycles. The van der Waals surface area contributed by atoms with Crippen LogP contribution < -0.4 is 25.7 Å². The molecule has 1 saturated heterocycles. The Morgan fingerprint density at radius 1 is 0.976 bits per heavy atom. The number of aldehydes is 1. The maximum atomic E-state index is 13.8. The summed E-state index contributed by atoms with van der Waals surface area (Å²) in [5, 5.41) is 6.15. The van der Waals surface area contributed by atoms with Crippen molar-refractivity contribution in [3.63, 3.8) is 0 Å². The van der Waals surface area contributed by atoms with E-state index in [0.717, 1.165) is 34.4 Å². The first-order valence-corrected chi connectivity index (χ1v) is 13.8. The molecule has 2 aliphatic heterocycles. The van der Waals surface area contributed by atoms with Crippen LogP contribution in [0, 0.1) is 31.6 Å². The molecule has 9 heteroatoms. The van der Waals surface area contributed by atoms with Crippen molar-refractivity contribution < 1.29 is 19.1 Å². The SMILES string of the molecule is C=Cc1c2[n-]c(c1C)/C=C1\[N-]/C(=C3\c4[n-]c(c(C)c4C(=O)[C@@H]3C(=O)OC)/C=c3\[n-]/c(c(C=O)c3CC)=C\2)[C@@H](C)[C@@H]1C.[Mg+2]. The van der Waals surface area contributed by atoms with Crippen molar-refractivity contribution in [1.82, 2.24) is 15.0 Å². The van der Waals surface area contributed by atoms with Crippen molar-refractivity contribution in [1.29, 1.82) is 0 Å². The van der Waals surface area contributed by atoms with Gasteiger partial charge in [0.15, 0.2) is 5.78 Å². The zero-order valence-corrected chi connectivity index (χ0v) is 26.1. The summed E-state index contributed by atoms with van der Waals surface area (Å²) in [7, 11) is 1.28. The quantitative estimate of drug-likeness (QED) is 0.205. The van der Waals surface area contributed by atoms with Gasteiger partial charge in [-0.1, -0.05) is 73.9 Å². The number of aromatic nitrogens is 3. The Morgan fingerprint density at radius 2 is 1.67 bits per heavy atom. The van der Waals surface area contributed by atoms with Crippen molar-refractivity contribution in [2.45, 2.75) is 41.0 Å². The van der Waals surface area contributed by atoms with E-state index in [2.05, 4.69) is 20.4 Å². The second-order valence-electron chi connectivity index (χ2n) is 10.9. The first-order valence-electron chi connectivity index (χ1n) is 13.8. The first kappa shape index (κ1) is 29.7. The number of ketones is 1. The van der Waals surface area contributed by atoms with Gasteiger partial charge in [-0.2, -0.15) is 11.4 Å². The molecule has 1 fully saturated rings. The predicted molar refractivity (Wildman–Crippen MR) is 162 cm³/mol. The summed E-state index contributed by atoms with van der Waals surface area (Å²) in [5.74, 6) is -2.17. The van der Waals surface area contributed by atoms with Crippen molar-refractivity contribution in [3.05, 3.63) is 90.1 Å². The van der Waals surface area contributed by atoms with Crippen LogP contribution in [0.4, 0.5) is 0 Å². The van der Waals surface area contributed by atoms with E-state index in [-0.39, 0.29) is 40.7 Å². The van der Waals surface area contributed by atoms with E-state index in [1.807, 2.05) is 39.0 Å². The summed E-state index contributed by atoms with van der Waals surface area (Å²) < 4.78 is 5.09. The average Bonchev–Trinajstić information content (AvgIpc) is 3.70. The molecular formula is C33H30MgN4O4-2. The van der Waals surface area contributed by atoms with E-state index < -0.39 is 11.9 Å². The van der Waals surface area contributed by atoms with E-state index in [0.29, 0.717) is 62.2 Å². The van der Waals surface area contributed by atoms with Gasteiger partial charge in [0.2, 0.25) is 0 Å². The van der Waals surface area contributed by atoms with E-state index in [1.54, 1.807) is 6.08 Å². The first-order chi connectivity index (χ1) is 19.6. The number of nitrogens with zero attached hydrogens (tertiary/aromatic N) is 4. The molecule has 6 rings (SSSR count). The minimum Gasteiger partial charge on any atom is -0.664 e. The standard InChI is InChI=1S/C33H31N4O4.Mg/c1-8-18-16(5)22-10-21-14(3)15(4)30(36-21)28-29(33(40)41-7)32(39)27-17(6)23(37-31(27)28)11-25-19(9-2)20(13-38)26(35-25)12-24(18)34-22;/h8,10-15,29H,1,9H2,2-7H3,(H-,36,37,38,39);/q-3;+2/p-1/b21-10-,26-12-;/t14-,15-,29+;/m0./s1. The summed E-state index contributed by atoms with van der Waals surface area (Å²) in [6.45, 7) is 13.9. The van der Waals surface area contributed by atoms with Gasteiger partial charge in [-0.15, -0.1) is 33.5 Å². The molecule has 5 heterocycles. The molecule has 0 radical (unpaired) electrons. The molecule has 8 nitrogen and oxygen atoms in total. The zero-order chi connectivity index (χ0) is 29.3. The molecule has 1 aliphatic carbocycles. The van der Waals surface area contributed by atoms with Gasteiger partial charge >= 0.3 is 29.0 Å². The smallest absolute Gasteiger partial charge is 0.664 e. The van der Waals surface area contributed by atoms with Crippen LogP contribution in [-0.2, 0) is 16.0 Å². The largest absolute Gasteiger partial charge is 2.00 e. The maximum absolute atomic E-state index is 13.8. The molecule has 0 N–H and O–H groups in total. The molecular weight excluding hydrogens is 541 g/mol. The fourth-order valence-electron chi connectivity index (χ4n) is 6.33. The summed E-state index contributed by atoms with van der Waals surface area (Å²) in [4.78, 5) is 53.8. The Kier molecular flexibility index (Phi) is 7.61. The number of carbonyl (C=O) groups is 3. The van der Waals surface area contributed by atoms with Crippen molar-refractivity contribution in [2.24, 2.45) is 17.8 Å². The van der Waals surface area contributed by atoms with E-state index >= 15 is 0 Å². The number of hydrogen-bond acceptors (Lipinski definition) is 4. The summed E-state index contributed by atoms with van der Waals surface area (Å²) in [5.41, 5.74) is 8.54. The van der Waals surface area contributed by atoms with Gasteiger partial charge < -0.3 is 25.0 Å². The molecule has 3 aromatic heterocycles. The van der Waals surface area contributed by atoms with Crippen LogP contribution in [0.25, 0.3) is 35.2 Å². The van der Waals surface area contributed by atoms with Crippen molar-refractivity contribution in [2.75, 3.05) is 7.11 Å². The number of rotatable bonds is 4. The Labute approximate surface area is 260 Å². The van der Waals surface area contributed by atoms with E-state index in [4.69, 9.17) is 25.0 Å². The zero-order valence-electron chi connectivity index (χ0n) is 24.7. The number of esters is 1. The summed E-state index contributed by atoms with van der Waals surface area (Å²) >= 11 is 0. The Hall–Kier alpha value is -3.82. The number of ether oxygens (including phenoxy) is 1. The molecule has 42 heavy (non-hydrogen) atoms. The molecule has 8 bridgehead atoms. The van der Waals surface area contributed by atoms with Gasteiger partial charge in [-0.05, 0) is 37.7 Å². The molecule has 210 valence electrons. The summed E-state index contributed by atoms with van der Waals surface area (Å²) in [6.07, 6.45) is 8.77. The predicted octanol–water partition coefficient (Wildman–Crippen LogP) is 3.18. The van der Waals surface area contributed by atoms with Crippen LogP contribution in [0.15, 0.2) is 18.0 Å². The van der Waals surface area contributed by atoms with Gasteiger partial charge in [0.1, 0.15) is 12.2 Å². The van der Waals surface area contributed by atoms with Crippen LogP contribution >= 0.6 is 0 Å². The fourth-order valence-corrected chi connectivity index (χ4v) is 6.33. The molecule has 0 unspecified atom stereocenters. The van der Waals surface area contributed by atoms with Gasteiger partial charge in [-0.3, -0.25) is 14.4 Å². The fraction of sp³-hybridized carbons (Fsp3) is 0.303. The van der Waals surface area contributed by atoms with Crippen LogP contribution in [0.3, 0.4) is 0 Å². The van der Waals surface area contributed by atoms with E-state index in [1.165, 1.54) is 7.11 Å². The molecule has 3 atom stereocenters. The van der Waals surface area contributed by atoms with Crippen molar-refractivity contribution in [3.8, 4) is 0 Å². The Bertz CT molecular complexity index is 1880.